The van der Waals surface area contributed by atoms with Crippen LogP contribution in [0.5, 0.6) is 0 Å². The minimum atomic E-state index is -0.332. The van der Waals surface area contributed by atoms with Crippen LogP contribution in [0.2, 0.25) is 0 Å². The molecule has 1 unspecified atom stereocenters. The van der Waals surface area contributed by atoms with Gasteiger partial charge in [-0.15, -0.1) is 10.2 Å². The van der Waals surface area contributed by atoms with Crippen molar-refractivity contribution in [2.75, 3.05) is 6.54 Å². The lowest BCUT2D eigenvalue weighted by molar-refractivity contribution is 0.0709. The van der Waals surface area contributed by atoms with Crippen molar-refractivity contribution >= 4 is 17.5 Å². The first kappa shape index (κ1) is 15.9. The molecule has 1 saturated carbocycles. The SMILES string of the molecule is O=C(NC1CC1)c1noc(C2CCCN2C(=O)c2ccc3nncn3c2)n1. The summed E-state index contributed by atoms with van der Waals surface area (Å²) < 4.78 is 7.00. The number of nitrogens with zero attached hydrogens (tertiary/aromatic N) is 6. The summed E-state index contributed by atoms with van der Waals surface area (Å²) in [7, 11) is 0. The number of rotatable bonds is 4. The molecule has 1 aliphatic heterocycles. The van der Waals surface area contributed by atoms with E-state index in [0.29, 0.717) is 30.1 Å². The first-order chi connectivity index (χ1) is 13.2. The average molecular weight is 367 g/mol. The predicted molar refractivity (Wildman–Crippen MR) is 90.8 cm³/mol. The molecule has 1 N–H and O–H groups in total. The number of nitrogens with one attached hydrogen (secondary N) is 1. The van der Waals surface area contributed by atoms with Gasteiger partial charge in [0.25, 0.3) is 17.6 Å². The Morgan fingerprint density at radius 3 is 2.96 bits per heavy atom. The van der Waals surface area contributed by atoms with Gasteiger partial charge in [0.05, 0.1) is 5.56 Å². The van der Waals surface area contributed by atoms with Crippen molar-refractivity contribution in [1.82, 2.24) is 35.0 Å². The molecular weight excluding hydrogens is 350 g/mol. The van der Waals surface area contributed by atoms with Crippen molar-refractivity contribution in [2.45, 2.75) is 37.8 Å². The maximum absolute atomic E-state index is 13.0. The summed E-state index contributed by atoms with van der Waals surface area (Å²) in [6, 6.07) is 3.36. The third kappa shape index (κ3) is 2.92. The van der Waals surface area contributed by atoms with Crippen molar-refractivity contribution in [2.24, 2.45) is 0 Å². The van der Waals surface area contributed by atoms with Gasteiger partial charge in [-0.1, -0.05) is 5.16 Å². The number of likely N-dealkylation sites (tertiary alicyclic amines) is 1. The quantitative estimate of drug-likeness (QED) is 0.730. The number of hydrogen-bond donors (Lipinski definition) is 1. The highest BCUT2D eigenvalue weighted by molar-refractivity contribution is 5.94. The van der Waals surface area contributed by atoms with Gasteiger partial charge in [0.15, 0.2) is 5.65 Å². The van der Waals surface area contributed by atoms with Crippen molar-refractivity contribution in [3.05, 3.63) is 41.9 Å². The Morgan fingerprint density at radius 2 is 2.11 bits per heavy atom. The van der Waals surface area contributed by atoms with Crippen LogP contribution in [0.4, 0.5) is 0 Å². The van der Waals surface area contributed by atoms with Crippen LogP contribution in [0.25, 0.3) is 5.65 Å². The molecule has 1 saturated heterocycles. The van der Waals surface area contributed by atoms with Crippen LogP contribution in [0.15, 0.2) is 29.2 Å². The van der Waals surface area contributed by atoms with Gasteiger partial charge in [-0.2, -0.15) is 4.98 Å². The zero-order valence-electron chi connectivity index (χ0n) is 14.4. The highest BCUT2D eigenvalue weighted by atomic mass is 16.5. The summed E-state index contributed by atoms with van der Waals surface area (Å²) >= 11 is 0. The van der Waals surface area contributed by atoms with Gasteiger partial charge >= 0.3 is 0 Å². The second-order valence-electron chi connectivity index (χ2n) is 6.87. The smallest absolute Gasteiger partial charge is 0.292 e. The minimum Gasteiger partial charge on any atom is -0.346 e. The second kappa shape index (κ2) is 6.15. The number of hydrogen-bond acceptors (Lipinski definition) is 7. The van der Waals surface area contributed by atoms with Crippen LogP contribution < -0.4 is 5.32 Å². The van der Waals surface area contributed by atoms with Gasteiger partial charge in [0.2, 0.25) is 5.89 Å². The third-order valence-corrected chi connectivity index (χ3v) is 4.89. The standard InChI is InChI=1S/C17H17N7O3/c25-15(19-11-4-5-11)14-20-16(27-22-14)12-2-1-7-24(12)17(26)10-3-6-13-21-18-9-23(13)8-10/h3,6,8-9,11-12H,1-2,4-5,7H2,(H,19,25). The molecule has 27 heavy (non-hydrogen) atoms. The maximum Gasteiger partial charge on any atom is 0.292 e. The highest BCUT2D eigenvalue weighted by Gasteiger charge is 2.35. The van der Waals surface area contributed by atoms with Crippen molar-refractivity contribution in [3.8, 4) is 0 Å². The Bertz CT molecular complexity index is 1020. The van der Waals surface area contributed by atoms with E-state index in [4.69, 9.17) is 4.52 Å². The summed E-state index contributed by atoms with van der Waals surface area (Å²) in [4.78, 5) is 31.0. The molecule has 2 fully saturated rings. The van der Waals surface area contributed by atoms with E-state index in [2.05, 4.69) is 25.7 Å². The maximum atomic E-state index is 13.0. The van der Waals surface area contributed by atoms with Crippen LogP contribution in [-0.4, -0.2) is 54.0 Å². The fraction of sp³-hybridized carbons (Fsp3) is 0.412. The van der Waals surface area contributed by atoms with E-state index >= 15 is 0 Å². The zero-order chi connectivity index (χ0) is 18.4. The van der Waals surface area contributed by atoms with Gasteiger partial charge in [-0.3, -0.25) is 14.0 Å². The van der Waals surface area contributed by atoms with Crippen molar-refractivity contribution < 1.29 is 14.1 Å². The van der Waals surface area contributed by atoms with Crippen molar-refractivity contribution in [3.63, 3.8) is 0 Å². The Balaban J connectivity index is 1.37. The molecular formula is C17H17N7O3. The Labute approximate surface area is 153 Å². The van der Waals surface area contributed by atoms with E-state index in [0.717, 1.165) is 19.3 Å². The Morgan fingerprint density at radius 1 is 1.22 bits per heavy atom. The Hall–Kier alpha value is -3.30. The molecule has 1 aliphatic carbocycles. The van der Waals surface area contributed by atoms with Crippen LogP contribution >= 0.6 is 0 Å². The molecule has 10 nitrogen and oxygen atoms in total. The van der Waals surface area contributed by atoms with Crippen LogP contribution in [0.1, 0.15) is 58.6 Å². The summed E-state index contributed by atoms with van der Waals surface area (Å²) in [6.07, 6.45) is 6.77. The third-order valence-electron chi connectivity index (χ3n) is 4.89. The lowest BCUT2D eigenvalue weighted by Gasteiger charge is -2.21. The van der Waals surface area contributed by atoms with Gasteiger partial charge in [0, 0.05) is 18.8 Å². The summed E-state index contributed by atoms with van der Waals surface area (Å²) in [5.41, 5.74) is 1.20. The van der Waals surface area contributed by atoms with E-state index in [1.54, 1.807) is 34.0 Å². The zero-order valence-corrected chi connectivity index (χ0v) is 14.4. The Kier molecular flexibility index (Phi) is 3.62. The number of amides is 2. The van der Waals surface area contributed by atoms with Crippen LogP contribution in [0, 0.1) is 0 Å². The number of carbonyl (C=O) groups excluding carboxylic acids is 2. The van der Waals surface area contributed by atoms with Gasteiger partial charge < -0.3 is 14.7 Å². The molecule has 5 rings (SSSR count). The summed E-state index contributed by atoms with van der Waals surface area (Å²) in [5, 5.41) is 14.4. The minimum absolute atomic E-state index is 0.0158. The molecule has 138 valence electrons. The molecule has 0 bridgehead atoms. The molecule has 1 atom stereocenters. The monoisotopic (exact) mass is 367 g/mol. The van der Waals surface area contributed by atoms with E-state index < -0.39 is 0 Å². The molecule has 10 heteroatoms. The molecule has 2 aliphatic rings. The first-order valence-electron chi connectivity index (χ1n) is 8.94. The van der Waals surface area contributed by atoms with Crippen LogP contribution in [-0.2, 0) is 0 Å². The van der Waals surface area contributed by atoms with Gasteiger partial charge in [-0.25, -0.2) is 0 Å². The van der Waals surface area contributed by atoms with Crippen molar-refractivity contribution in [1.29, 1.82) is 0 Å². The molecule has 0 radical (unpaired) electrons. The molecule has 0 spiro atoms. The number of carbonyl (C=O) groups is 2. The molecule has 2 amide bonds. The fourth-order valence-electron chi connectivity index (χ4n) is 3.33. The van der Waals surface area contributed by atoms with Gasteiger partial charge in [-0.05, 0) is 37.8 Å². The van der Waals surface area contributed by atoms with E-state index in [-0.39, 0.29) is 29.7 Å². The first-order valence-corrected chi connectivity index (χ1v) is 8.94. The largest absolute Gasteiger partial charge is 0.346 e. The lowest BCUT2D eigenvalue weighted by atomic mass is 10.2. The fourth-order valence-corrected chi connectivity index (χ4v) is 3.33. The number of pyridine rings is 1. The van der Waals surface area contributed by atoms with E-state index in [9.17, 15) is 9.59 Å². The summed E-state index contributed by atoms with van der Waals surface area (Å²) in [6.45, 7) is 0.593. The lowest BCUT2D eigenvalue weighted by Crippen LogP contribution is -2.31. The topological polar surface area (TPSA) is 119 Å². The number of aromatic nitrogens is 5. The van der Waals surface area contributed by atoms with E-state index in [1.165, 1.54) is 0 Å². The highest BCUT2D eigenvalue weighted by Crippen LogP contribution is 2.32. The molecule has 0 aromatic carbocycles. The normalized spacial score (nSPS) is 19.6. The second-order valence-corrected chi connectivity index (χ2v) is 6.87. The van der Waals surface area contributed by atoms with Crippen LogP contribution in [0.3, 0.4) is 0 Å². The number of fused-ring (bicyclic) bond motifs is 1. The van der Waals surface area contributed by atoms with E-state index in [1.807, 2.05) is 0 Å². The summed E-state index contributed by atoms with van der Waals surface area (Å²) in [5.74, 6) is -0.147. The van der Waals surface area contributed by atoms with Gasteiger partial charge in [0.1, 0.15) is 12.4 Å². The average Bonchev–Trinajstić information content (AvgIpc) is 3.14. The molecule has 3 aromatic rings. The molecule has 4 heterocycles. The molecule has 3 aromatic heterocycles. The predicted octanol–water partition coefficient (Wildman–Crippen LogP) is 0.982.